The first-order chi connectivity index (χ1) is 13.5. The van der Waals surface area contributed by atoms with Crippen molar-refractivity contribution in [3.8, 4) is 5.88 Å². The molecule has 1 atom stereocenters. The predicted octanol–water partition coefficient (Wildman–Crippen LogP) is 2.93. The predicted molar refractivity (Wildman–Crippen MR) is 98.9 cm³/mol. The number of hydrogen-bond acceptors (Lipinski definition) is 5. The highest BCUT2D eigenvalue weighted by Gasteiger charge is 2.37. The van der Waals surface area contributed by atoms with Crippen LogP contribution in [0.3, 0.4) is 0 Å². The summed E-state index contributed by atoms with van der Waals surface area (Å²) in [5.41, 5.74) is 0.0257. The Balaban J connectivity index is 1.74. The number of pyridine rings is 1. The van der Waals surface area contributed by atoms with E-state index in [-0.39, 0.29) is 24.0 Å². The summed E-state index contributed by atoms with van der Waals surface area (Å²) in [6, 6.07) is 2.11. The minimum Gasteiger partial charge on any atom is -0.477 e. The maximum Gasteiger partial charge on any atom is 0.421 e. The zero-order valence-electron chi connectivity index (χ0n) is 16.4. The molecule has 7 nitrogen and oxygen atoms in total. The van der Waals surface area contributed by atoms with Crippen LogP contribution in [0.5, 0.6) is 5.88 Å². The van der Waals surface area contributed by atoms with E-state index in [9.17, 15) is 21.6 Å². The van der Waals surface area contributed by atoms with Gasteiger partial charge in [0.25, 0.3) is 0 Å². The Bertz CT molecular complexity index is 989. The smallest absolute Gasteiger partial charge is 0.421 e. The first kappa shape index (κ1) is 21.6. The molecule has 1 unspecified atom stereocenters. The van der Waals surface area contributed by atoms with Gasteiger partial charge < -0.3 is 4.74 Å². The van der Waals surface area contributed by atoms with Gasteiger partial charge in [-0.15, -0.1) is 0 Å². The summed E-state index contributed by atoms with van der Waals surface area (Å²) in [7, 11) is -2.07. The molecule has 29 heavy (non-hydrogen) atoms. The van der Waals surface area contributed by atoms with Crippen molar-refractivity contribution in [2.24, 2.45) is 13.0 Å². The Labute approximate surface area is 167 Å². The molecule has 1 saturated heterocycles. The Morgan fingerprint density at radius 3 is 2.66 bits per heavy atom. The van der Waals surface area contributed by atoms with Gasteiger partial charge in [-0.3, -0.25) is 4.68 Å². The van der Waals surface area contributed by atoms with Gasteiger partial charge in [-0.05, 0) is 38.8 Å². The van der Waals surface area contributed by atoms with E-state index in [1.807, 2.05) is 0 Å². The molecule has 0 bridgehead atoms. The molecule has 1 aliphatic heterocycles. The summed E-state index contributed by atoms with van der Waals surface area (Å²) < 4.78 is 73.7. The molecule has 0 aromatic carbocycles. The number of aromatic nitrogens is 3. The van der Waals surface area contributed by atoms with Gasteiger partial charge in [0.15, 0.2) is 0 Å². The Kier molecular flexibility index (Phi) is 5.91. The molecule has 3 heterocycles. The largest absolute Gasteiger partial charge is 0.477 e. The molecule has 0 aliphatic carbocycles. The van der Waals surface area contributed by atoms with Gasteiger partial charge in [0.05, 0.1) is 18.0 Å². The van der Waals surface area contributed by atoms with E-state index in [0.29, 0.717) is 30.8 Å². The summed E-state index contributed by atoms with van der Waals surface area (Å²) in [4.78, 5) is 3.87. The first-order valence-corrected chi connectivity index (χ1v) is 10.6. The Morgan fingerprint density at radius 1 is 1.31 bits per heavy atom. The standard InChI is InChI=1S/C18H23F3N4O3S/c1-12-16(13(2)24(3)23-12)29(26,27)25-9-5-6-14(10-25)11-28-17-15(18(19,20)21)7-4-8-22-17/h4,7-8,14H,5-6,9-11H2,1-3H3. The number of alkyl halides is 3. The van der Waals surface area contributed by atoms with E-state index in [2.05, 4.69) is 10.1 Å². The molecule has 0 amide bonds. The highest BCUT2D eigenvalue weighted by Crippen LogP contribution is 2.35. The molecule has 160 valence electrons. The van der Waals surface area contributed by atoms with Gasteiger partial charge in [-0.2, -0.15) is 22.6 Å². The second-order valence-electron chi connectivity index (χ2n) is 7.16. The van der Waals surface area contributed by atoms with Crippen LogP contribution >= 0.6 is 0 Å². The molecular formula is C18H23F3N4O3S. The number of rotatable bonds is 5. The quantitative estimate of drug-likeness (QED) is 0.726. The number of sulfonamides is 1. The molecule has 3 rings (SSSR count). The van der Waals surface area contributed by atoms with Crippen LogP contribution in [0.4, 0.5) is 13.2 Å². The average Bonchev–Trinajstić information content (AvgIpc) is 2.92. The lowest BCUT2D eigenvalue weighted by atomic mass is 10.0. The third kappa shape index (κ3) is 4.40. The molecule has 0 saturated carbocycles. The first-order valence-electron chi connectivity index (χ1n) is 9.17. The number of piperidine rings is 1. The molecule has 0 radical (unpaired) electrons. The number of aryl methyl sites for hydroxylation is 2. The molecule has 0 N–H and O–H groups in total. The van der Waals surface area contributed by atoms with Crippen molar-refractivity contribution in [1.82, 2.24) is 19.1 Å². The van der Waals surface area contributed by atoms with Crippen molar-refractivity contribution in [2.75, 3.05) is 19.7 Å². The monoisotopic (exact) mass is 432 g/mol. The Morgan fingerprint density at radius 2 is 2.03 bits per heavy atom. The summed E-state index contributed by atoms with van der Waals surface area (Å²) >= 11 is 0. The summed E-state index contributed by atoms with van der Waals surface area (Å²) in [6.07, 6.45) is -2.08. The van der Waals surface area contributed by atoms with Gasteiger partial charge in [0.1, 0.15) is 10.5 Å². The number of halogens is 3. The van der Waals surface area contributed by atoms with E-state index < -0.39 is 27.6 Å². The lowest BCUT2D eigenvalue weighted by Crippen LogP contribution is -2.42. The minimum atomic E-state index is -4.57. The van der Waals surface area contributed by atoms with E-state index in [0.717, 1.165) is 6.07 Å². The topological polar surface area (TPSA) is 77.3 Å². The van der Waals surface area contributed by atoms with Crippen molar-refractivity contribution < 1.29 is 26.3 Å². The second kappa shape index (κ2) is 7.94. The van der Waals surface area contributed by atoms with Gasteiger partial charge in [0.2, 0.25) is 15.9 Å². The highest BCUT2D eigenvalue weighted by molar-refractivity contribution is 7.89. The fourth-order valence-corrected chi connectivity index (χ4v) is 5.51. The van der Waals surface area contributed by atoms with Gasteiger partial charge in [0, 0.05) is 32.3 Å². The van der Waals surface area contributed by atoms with Gasteiger partial charge in [-0.1, -0.05) is 0 Å². The highest BCUT2D eigenvalue weighted by atomic mass is 32.2. The summed E-state index contributed by atoms with van der Waals surface area (Å²) in [5, 5.41) is 4.17. The lowest BCUT2D eigenvalue weighted by molar-refractivity contribution is -0.139. The normalized spacial score (nSPS) is 18.8. The summed E-state index contributed by atoms with van der Waals surface area (Å²) in [6.45, 7) is 3.81. The van der Waals surface area contributed by atoms with Crippen LogP contribution in [-0.2, 0) is 23.2 Å². The number of hydrogen-bond donors (Lipinski definition) is 0. The van der Waals surface area contributed by atoms with Crippen molar-refractivity contribution in [1.29, 1.82) is 0 Å². The molecule has 11 heteroatoms. The van der Waals surface area contributed by atoms with Crippen molar-refractivity contribution in [3.63, 3.8) is 0 Å². The van der Waals surface area contributed by atoms with Gasteiger partial charge >= 0.3 is 6.18 Å². The van der Waals surface area contributed by atoms with Crippen LogP contribution in [-0.4, -0.2) is 47.2 Å². The second-order valence-corrected chi connectivity index (χ2v) is 9.03. The van der Waals surface area contributed by atoms with E-state index in [1.165, 1.54) is 21.3 Å². The average molecular weight is 432 g/mol. The van der Waals surface area contributed by atoms with E-state index in [4.69, 9.17) is 4.74 Å². The third-order valence-corrected chi connectivity index (χ3v) is 7.17. The van der Waals surface area contributed by atoms with E-state index in [1.54, 1.807) is 20.9 Å². The molecule has 1 aliphatic rings. The fraction of sp³-hybridized carbons (Fsp3) is 0.556. The SMILES string of the molecule is Cc1nn(C)c(C)c1S(=O)(=O)N1CCCC(COc2ncccc2C(F)(F)F)C1. The molecule has 2 aromatic rings. The molecule has 1 fully saturated rings. The maximum absolute atomic E-state index is 13.1. The number of nitrogens with zero attached hydrogens (tertiary/aromatic N) is 4. The van der Waals surface area contributed by atoms with E-state index >= 15 is 0 Å². The van der Waals surface area contributed by atoms with Crippen LogP contribution in [0.25, 0.3) is 0 Å². The molecule has 0 spiro atoms. The van der Waals surface area contributed by atoms with Crippen LogP contribution in [0.2, 0.25) is 0 Å². The van der Waals surface area contributed by atoms with Crippen LogP contribution < -0.4 is 4.74 Å². The maximum atomic E-state index is 13.1. The number of ether oxygens (including phenoxy) is 1. The third-order valence-electron chi connectivity index (χ3n) is 5.05. The van der Waals surface area contributed by atoms with Crippen LogP contribution in [0.1, 0.15) is 29.8 Å². The zero-order chi connectivity index (χ0) is 21.4. The van der Waals surface area contributed by atoms with Crippen LogP contribution in [0.15, 0.2) is 23.2 Å². The van der Waals surface area contributed by atoms with Crippen LogP contribution in [0, 0.1) is 19.8 Å². The lowest BCUT2D eigenvalue weighted by Gasteiger charge is -2.32. The minimum absolute atomic E-state index is 0.0445. The fourth-order valence-electron chi connectivity index (χ4n) is 3.56. The van der Waals surface area contributed by atoms with Crippen molar-refractivity contribution >= 4 is 10.0 Å². The summed E-state index contributed by atoms with van der Waals surface area (Å²) in [5.74, 6) is -0.724. The molecular weight excluding hydrogens is 409 g/mol. The zero-order valence-corrected chi connectivity index (χ0v) is 17.2. The Hall–Kier alpha value is -2.14. The van der Waals surface area contributed by atoms with Gasteiger partial charge in [-0.25, -0.2) is 13.4 Å². The van der Waals surface area contributed by atoms with Crippen molar-refractivity contribution in [2.45, 2.75) is 37.8 Å². The molecule has 2 aromatic heterocycles. The van der Waals surface area contributed by atoms with Crippen molar-refractivity contribution in [3.05, 3.63) is 35.3 Å².